The van der Waals surface area contributed by atoms with Crippen molar-refractivity contribution in [3.63, 3.8) is 0 Å². The van der Waals surface area contributed by atoms with E-state index in [1.807, 2.05) is 0 Å². The standard InChI is InChI=1S/C28H26ClNO6/c1-15-13-18(34-3)10-11-19(15)26(31)24-25(17-9-12-22(35-4)23(14-17)36-5)30(28(33)27(24)32)21-8-6-7-20(29)16(21)2/h6-14,25,31H,1-5H3/b26-24+. The van der Waals surface area contributed by atoms with E-state index in [4.69, 9.17) is 25.8 Å². The molecule has 0 aromatic heterocycles. The van der Waals surface area contributed by atoms with Crippen molar-refractivity contribution in [2.45, 2.75) is 19.9 Å². The molecule has 0 radical (unpaired) electrons. The van der Waals surface area contributed by atoms with Gasteiger partial charge >= 0.3 is 0 Å². The van der Waals surface area contributed by atoms with E-state index < -0.39 is 17.7 Å². The number of amides is 1. The van der Waals surface area contributed by atoms with E-state index in [1.165, 1.54) is 19.1 Å². The largest absolute Gasteiger partial charge is 0.507 e. The lowest BCUT2D eigenvalue weighted by Crippen LogP contribution is -2.30. The zero-order valence-corrected chi connectivity index (χ0v) is 21.3. The highest BCUT2D eigenvalue weighted by molar-refractivity contribution is 6.52. The minimum absolute atomic E-state index is 0.0418. The Kier molecular flexibility index (Phi) is 6.95. The first-order chi connectivity index (χ1) is 17.2. The quantitative estimate of drug-likeness (QED) is 0.265. The average Bonchev–Trinajstić information content (AvgIpc) is 3.14. The number of benzene rings is 3. The van der Waals surface area contributed by atoms with Crippen molar-refractivity contribution in [3.8, 4) is 17.2 Å². The predicted molar refractivity (Wildman–Crippen MR) is 138 cm³/mol. The maximum absolute atomic E-state index is 13.5. The average molecular weight is 508 g/mol. The number of carbonyl (C=O) groups excluding carboxylic acids is 2. The van der Waals surface area contributed by atoms with Gasteiger partial charge in [-0.25, -0.2) is 0 Å². The second kappa shape index (κ2) is 9.95. The van der Waals surface area contributed by atoms with Crippen molar-refractivity contribution in [2.75, 3.05) is 26.2 Å². The van der Waals surface area contributed by atoms with Crippen LogP contribution in [0.1, 0.15) is 28.3 Å². The van der Waals surface area contributed by atoms with Crippen molar-refractivity contribution in [1.82, 2.24) is 0 Å². The Morgan fingerprint density at radius 1 is 0.917 bits per heavy atom. The lowest BCUT2D eigenvalue weighted by molar-refractivity contribution is -0.132. The van der Waals surface area contributed by atoms with E-state index in [9.17, 15) is 14.7 Å². The molecule has 0 aliphatic carbocycles. The molecule has 1 amide bonds. The molecule has 3 aromatic carbocycles. The van der Waals surface area contributed by atoms with Crippen LogP contribution < -0.4 is 19.1 Å². The van der Waals surface area contributed by atoms with Gasteiger partial charge in [-0.3, -0.25) is 14.5 Å². The Balaban J connectivity index is 2.01. The number of anilines is 1. The first kappa shape index (κ1) is 25.1. The third-order valence-electron chi connectivity index (χ3n) is 6.36. The predicted octanol–water partition coefficient (Wildman–Crippen LogP) is 5.61. The minimum atomic E-state index is -0.941. The van der Waals surface area contributed by atoms with Crippen LogP contribution in [-0.4, -0.2) is 38.1 Å². The van der Waals surface area contributed by atoms with Crippen molar-refractivity contribution < 1.29 is 28.9 Å². The second-order valence-electron chi connectivity index (χ2n) is 8.35. The number of aliphatic hydroxyl groups is 1. The molecule has 1 fully saturated rings. The molecule has 1 heterocycles. The number of hydrogen-bond donors (Lipinski definition) is 1. The maximum Gasteiger partial charge on any atom is 0.300 e. The van der Waals surface area contributed by atoms with Crippen LogP contribution in [0.5, 0.6) is 17.2 Å². The van der Waals surface area contributed by atoms with E-state index in [1.54, 1.807) is 75.6 Å². The topological polar surface area (TPSA) is 85.3 Å². The monoisotopic (exact) mass is 507 g/mol. The zero-order chi connectivity index (χ0) is 26.1. The fourth-order valence-corrected chi connectivity index (χ4v) is 4.62. The summed E-state index contributed by atoms with van der Waals surface area (Å²) in [4.78, 5) is 28.3. The maximum atomic E-state index is 13.5. The van der Waals surface area contributed by atoms with Crippen molar-refractivity contribution >= 4 is 34.7 Å². The molecule has 1 unspecified atom stereocenters. The van der Waals surface area contributed by atoms with Gasteiger partial charge in [-0.2, -0.15) is 0 Å². The normalized spacial score (nSPS) is 16.8. The van der Waals surface area contributed by atoms with Gasteiger partial charge < -0.3 is 19.3 Å². The van der Waals surface area contributed by atoms with Crippen LogP contribution in [0.25, 0.3) is 5.76 Å². The van der Waals surface area contributed by atoms with Crippen LogP contribution in [0.2, 0.25) is 5.02 Å². The number of ketones is 1. The molecule has 3 aromatic rings. The molecule has 1 aliphatic heterocycles. The summed E-state index contributed by atoms with van der Waals surface area (Å²) in [7, 11) is 4.57. The summed E-state index contributed by atoms with van der Waals surface area (Å²) in [5.74, 6) is -0.340. The third-order valence-corrected chi connectivity index (χ3v) is 6.76. The number of Topliss-reactive ketones (excluding diaryl/α,β-unsaturated/α-hetero) is 1. The highest BCUT2D eigenvalue weighted by Gasteiger charge is 2.47. The minimum Gasteiger partial charge on any atom is -0.507 e. The molecule has 4 rings (SSSR count). The summed E-state index contributed by atoms with van der Waals surface area (Å²) in [6.07, 6.45) is 0. The molecular weight excluding hydrogens is 482 g/mol. The van der Waals surface area contributed by atoms with Gasteiger partial charge in [0, 0.05) is 16.3 Å². The Hall–Kier alpha value is -3.97. The van der Waals surface area contributed by atoms with E-state index >= 15 is 0 Å². The van der Waals surface area contributed by atoms with Crippen LogP contribution >= 0.6 is 11.6 Å². The lowest BCUT2D eigenvalue weighted by atomic mass is 9.93. The summed E-state index contributed by atoms with van der Waals surface area (Å²) in [5.41, 5.74) is 2.71. The number of hydrogen-bond acceptors (Lipinski definition) is 6. The van der Waals surface area contributed by atoms with Gasteiger partial charge in [-0.05, 0) is 73.0 Å². The van der Waals surface area contributed by atoms with Crippen molar-refractivity contribution in [2.24, 2.45) is 0 Å². The highest BCUT2D eigenvalue weighted by Crippen LogP contribution is 2.45. The smallest absolute Gasteiger partial charge is 0.300 e. The number of methoxy groups -OCH3 is 3. The third kappa shape index (κ3) is 4.16. The molecule has 0 bridgehead atoms. The van der Waals surface area contributed by atoms with E-state index in [0.29, 0.717) is 50.2 Å². The number of rotatable bonds is 6. The van der Waals surface area contributed by atoms with Gasteiger partial charge in [-0.15, -0.1) is 0 Å². The van der Waals surface area contributed by atoms with Gasteiger partial charge in [0.15, 0.2) is 11.5 Å². The van der Waals surface area contributed by atoms with Gasteiger partial charge in [0.1, 0.15) is 11.5 Å². The lowest BCUT2D eigenvalue weighted by Gasteiger charge is -2.27. The van der Waals surface area contributed by atoms with Crippen LogP contribution in [0.15, 0.2) is 60.2 Å². The van der Waals surface area contributed by atoms with E-state index in [-0.39, 0.29) is 11.3 Å². The van der Waals surface area contributed by atoms with E-state index in [0.717, 1.165) is 0 Å². The van der Waals surface area contributed by atoms with Crippen LogP contribution in [0.4, 0.5) is 5.69 Å². The van der Waals surface area contributed by atoms with Crippen molar-refractivity contribution in [3.05, 3.63) is 87.4 Å². The number of halogens is 1. The summed E-state index contributed by atoms with van der Waals surface area (Å²) >= 11 is 6.37. The van der Waals surface area contributed by atoms with E-state index in [2.05, 4.69) is 0 Å². The van der Waals surface area contributed by atoms with Gasteiger partial charge in [0.2, 0.25) is 0 Å². The van der Waals surface area contributed by atoms with Crippen LogP contribution in [-0.2, 0) is 9.59 Å². The molecule has 1 saturated heterocycles. The number of ether oxygens (including phenoxy) is 3. The Morgan fingerprint density at radius 2 is 1.64 bits per heavy atom. The molecule has 36 heavy (non-hydrogen) atoms. The molecule has 8 heteroatoms. The summed E-state index contributed by atoms with van der Waals surface area (Å²) < 4.78 is 16.1. The fraction of sp³-hybridized carbons (Fsp3) is 0.214. The molecule has 0 saturated carbocycles. The van der Waals surface area contributed by atoms with Crippen molar-refractivity contribution in [1.29, 1.82) is 0 Å². The Labute approximate surface area is 214 Å². The highest BCUT2D eigenvalue weighted by atomic mass is 35.5. The van der Waals surface area contributed by atoms with Crippen LogP contribution in [0.3, 0.4) is 0 Å². The first-order valence-electron chi connectivity index (χ1n) is 11.2. The second-order valence-corrected chi connectivity index (χ2v) is 8.76. The molecule has 0 spiro atoms. The number of aryl methyl sites for hydroxylation is 1. The molecular formula is C28H26ClNO6. The number of carbonyl (C=O) groups is 2. The zero-order valence-electron chi connectivity index (χ0n) is 20.6. The summed E-state index contributed by atoms with van der Waals surface area (Å²) in [6.45, 7) is 3.57. The number of nitrogens with zero attached hydrogens (tertiary/aromatic N) is 1. The number of aliphatic hydroxyl groups excluding tert-OH is 1. The molecule has 7 nitrogen and oxygen atoms in total. The summed E-state index contributed by atoms with van der Waals surface area (Å²) in [6, 6.07) is 14.4. The fourth-order valence-electron chi connectivity index (χ4n) is 4.45. The Morgan fingerprint density at radius 3 is 2.28 bits per heavy atom. The summed E-state index contributed by atoms with van der Waals surface area (Å²) in [5, 5.41) is 11.9. The molecule has 1 N–H and O–H groups in total. The first-order valence-corrected chi connectivity index (χ1v) is 11.5. The van der Waals surface area contributed by atoms with Gasteiger partial charge in [0.25, 0.3) is 11.7 Å². The van der Waals surface area contributed by atoms with Gasteiger partial charge in [-0.1, -0.05) is 23.7 Å². The van der Waals surface area contributed by atoms with Gasteiger partial charge in [0.05, 0.1) is 32.9 Å². The molecule has 186 valence electrons. The van der Waals surface area contributed by atoms with Crippen LogP contribution in [0, 0.1) is 13.8 Å². The molecule has 1 atom stereocenters. The molecule has 1 aliphatic rings. The Bertz CT molecular complexity index is 1400. The SMILES string of the molecule is COc1ccc(/C(O)=C2\C(=O)C(=O)N(c3cccc(Cl)c3C)C2c2ccc(OC)c(OC)c2)c(C)c1.